The first-order valence-electron chi connectivity index (χ1n) is 13.4. The third-order valence-corrected chi connectivity index (χ3v) is 8.05. The maximum atomic E-state index is 12.6. The van der Waals surface area contributed by atoms with E-state index in [1.807, 2.05) is 30.5 Å². The van der Waals surface area contributed by atoms with Crippen molar-refractivity contribution >= 4 is 17.3 Å². The lowest BCUT2D eigenvalue weighted by Gasteiger charge is -2.30. The molecule has 5 heteroatoms. The van der Waals surface area contributed by atoms with Gasteiger partial charge in [0.1, 0.15) is 5.82 Å². The molecule has 2 aromatic carbocycles. The van der Waals surface area contributed by atoms with Crippen molar-refractivity contribution < 1.29 is 4.79 Å². The molecule has 0 bridgehead atoms. The van der Waals surface area contributed by atoms with E-state index in [9.17, 15) is 4.79 Å². The van der Waals surface area contributed by atoms with Crippen LogP contribution in [0.1, 0.15) is 65.2 Å². The molecule has 0 saturated heterocycles. The van der Waals surface area contributed by atoms with Crippen molar-refractivity contribution in [2.75, 3.05) is 10.6 Å². The number of anilines is 2. The topological polar surface area (TPSA) is 69.8 Å². The average Bonchev–Trinajstić information content (AvgIpc) is 3.37. The van der Waals surface area contributed by atoms with Crippen LogP contribution in [0.2, 0.25) is 0 Å². The number of H-pyrrole nitrogens is 1. The van der Waals surface area contributed by atoms with Crippen LogP contribution in [0.3, 0.4) is 0 Å². The van der Waals surface area contributed by atoms with Crippen molar-refractivity contribution in [3.05, 3.63) is 54.7 Å². The van der Waals surface area contributed by atoms with E-state index in [2.05, 4.69) is 58.7 Å². The summed E-state index contributed by atoms with van der Waals surface area (Å²) in [6, 6.07) is 17.2. The Morgan fingerprint density at radius 3 is 2.20 bits per heavy atom. The Bertz CT molecular complexity index is 1110. The molecule has 2 unspecified atom stereocenters. The van der Waals surface area contributed by atoms with Gasteiger partial charge in [-0.05, 0) is 92.3 Å². The lowest BCUT2D eigenvalue weighted by atomic mass is 9.82. The van der Waals surface area contributed by atoms with Crippen molar-refractivity contribution in [1.82, 2.24) is 9.97 Å². The summed E-state index contributed by atoms with van der Waals surface area (Å²) >= 11 is 0. The first kappa shape index (κ1) is 23.7. The number of nitrogens with one attached hydrogen (secondary N) is 3. The Kier molecular flexibility index (Phi) is 7.21. The van der Waals surface area contributed by atoms with Crippen molar-refractivity contribution in [3.8, 4) is 22.6 Å². The molecule has 3 N–H and O–H groups in total. The number of nitrogens with zero attached hydrogens (tertiary/aromatic N) is 1. The quantitative estimate of drug-likeness (QED) is 0.349. The molecule has 35 heavy (non-hydrogen) atoms. The number of carbonyl (C=O) groups excluding carboxylic acids is 1. The second-order valence-corrected chi connectivity index (χ2v) is 10.8. The fraction of sp³-hybridized carbons (Fsp3) is 0.467. The molecule has 0 spiro atoms. The fourth-order valence-corrected chi connectivity index (χ4v) is 5.58. The molecule has 2 fully saturated rings. The van der Waals surface area contributed by atoms with Crippen LogP contribution in [-0.4, -0.2) is 21.9 Å². The monoisotopic (exact) mass is 470 g/mol. The summed E-state index contributed by atoms with van der Waals surface area (Å²) in [5.74, 6) is 2.61. The minimum Gasteiger partial charge on any atom is -0.382 e. The van der Waals surface area contributed by atoms with E-state index in [1.165, 1.54) is 31.4 Å². The van der Waals surface area contributed by atoms with E-state index >= 15 is 0 Å². The highest BCUT2D eigenvalue weighted by Gasteiger charge is 2.24. The van der Waals surface area contributed by atoms with Gasteiger partial charge in [0.25, 0.3) is 0 Å². The number of amides is 1. The Labute approximate surface area is 209 Å². The molecule has 2 atom stereocenters. The van der Waals surface area contributed by atoms with Gasteiger partial charge in [-0.25, -0.2) is 4.98 Å². The first-order chi connectivity index (χ1) is 17.0. The molecule has 3 aromatic rings. The highest BCUT2D eigenvalue weighted by molar-refractivity contribution is 5.92. The Morgan fingerprint density at radius 1 is 0.829 bits per heavy atom. The second kappa shape index (κ2) is 10.7. The number of carbonyl (C=O) groups is 1. The van der Waals surface area contributed by atoms with Crippen LogP contribution in [0, 0.1) is 17.8 Å². The zero-order valence-electron chi connectivity index (χ0n) is 21.0. The van der Waals surface area contributed by atoms with Crippen molar-refractivity contribution in [3.63, 3.8) is 0 Å². The molecule has 0 aliphatic heterocycles. The van der Waals surface area contributed by atoms with E-state index in [-0.39, 0.29) is 11.8 Å². The van der Waals surface area contributed by atoms with E-state index in [1.54, 1.807) is 0 Å². The summed E-state index contributed by atoms with van der Waals surface area (Å²) in [5.41, 5.74) is 5.16. The summed E-state index contributed by atoms with van der Waals surface area (Å²) in [6.07, 6.45) is 11.4. The minimum atomic E-state index is 0.145. The molecule has 5 nitrogen and oxygen atoms in total. The number of aromatic nitrogens is 2. The lowest BCUT2D eigenvalue weighted by Crippen LogP contribution is -2.30. The van der Waals surface area contributed by atoms with Gasteiger partial charge < -0.3 is 15.6 Å². The third-order valence-electron chi connectivity index (χ3n) is 8.05. The number of hydrogen-bond donors (Lipinski definition) is 3. The predicted octanol–water partition coefficient (Wildman–Crippen LogP) is 7.50. The fourth-order valence-electron chi connectivity index (χ4n) is 5.58. The molecule has 1 heterocycles. The van der Waals surface area contributed by atoms with Gasteiger partial charge in [0.15, 0.2) is 0 Å². The van der Waals surface area contributed by atoms with Crippen LogP contribution in [0.15, 0.2) is 54.7 Å². The molecule has 5 rings (SSSR count). The SMILES string of the molecule is CC1CCC(C(=O)Nc2ccc(-c3ncc(-c4ccc(NC5CCCCC5C)cc4)[nH]3)cc2)CC1. The van der Waals surface area contributed by atoms with Crippen LogP contribution in [-0.2, 0) is 4.79 Å². The number of benzene rings is 2. The smallest absolute Gasteiger partial charge is 0.227 e. The highest BCUT2D eigenvalue weighted by Crippen LogP contribution is 2.30. The highest BCUT2D eigenvalue weighted by atomic mass is 16.1. The van der Waals surface area contributed by atoms with E-state index in [4.69, 9.17) is 0 Å². The van der Waals surface area contributed by atoms with Crippen LogP contribution in [0.5, 0.6) is 0 Å². The van der Waals surface area contributed by atoms with Crippen molar-refractivity contribution in [1.29, 1.82) is 0 Å². The molecule has 2 aliphatic rings. The zero-order valence-corrected chi connectivity index (χ0v) is 21.0. The molecule has 2 saturated carbocycles. The maximum absolute atomic E-state index is 12.6. The maximum Gasteiger partial charge on any atom is 0.227 e. The molecular weight excluding hydrogens is 432 g/mol. The molecule has 184 valence electrons. The van der Waals surface area contributed by atoms with Gasteiger partial charge in [0.2, 0.25) is 5.91 Å². The predicted molar refractivity (Wildman–Crippen MR) is 144 cm³/mol. The van der Waals surface area contributed by atoms with Gasteiger partial charge in [-0.3, -0.25) is 4.79 Å². The zero-order chi connectivity index (χ0) is 24.2. The molecule has 2 aliphatic carbocycles. The normalized spacial score (nSPS) is 24.6. The number of aromatic amines is 1. The average molecular weight is 471 g/mol. The largest absolute Gasteiger partial charge is 0.382 e. The van der Waals surface area contributed by atoms with Gasteiger partial charge in [0.05, 0.1) is 11.9 Å². The number of hydrogen-bond acceptors (Lipinski definition) is 3. The molecule has 1 amide bonds. The summed E-state index contributed by atoms with van der Waals surface area (Å²) < 4.78 is 0. The van der Waals surface area contributed by atoms with E-state index in [0.717, 1.165) is 65.9 Å². The Hall–Kier alpha value is -3.08. The summed E-state index contributed by atoms with van der Waals surface area (Å²) in [6.45, 7) is 4.63. The van der Waals surface area contributed by atoms with Gasteiger partial charge in [0, 0.05) is 28.9 Å². The van der Waals surface area contributed by atoms with Crippen molar-refractivity contribution in [2.45, 2.75) is 71.3 Å². The minimum absolute atomic E-state index is 0.145. The third kappa shape index (κ3) is 5.77. The van der Waals surface area contributed by atoms with Gasteiger partial charge in [-0.15, -0.1) is 0 Å². The molecular formula is C30H38N4O. The number of rotatable bonds is 6. The van der Waals surface area contributed by atoms with E-state index in [0.29, 0.717) is 6.04 Å². The van der Waals surface area contributed by atoms with Gasteiger partial charge in [-0.1, -0.05) is 38.8 Å². The molecule has 1 aromatic heterocycles. The Morgan fingerprint density at radius 2 is 1.49 bits per heavy atom. The first-order valence-corrected chi connectivity index (χ1v) is 13.4. The van der Waals surface area contributed by atoms with Gasteiger partial charge in [-0.2, -0.15) is 0 Å². The Balaban J connectivity index is 1.19. The van der Waals surface area contributed by atoms with Crippen LogP contribution in [0.4, 0.5) is 11.4 Å². The van der Waals surface area contributed by atoms with Crippen LogP contribution < -0.4 is 10.6 Å². The number of imidazole rings is 1. The summed E-state index contributed by atoms with van der Waals surface area (Å²) in [7, 11) is 0. The molecule has 0 radical (unpaired) electrons. The van der Waals surface area contributed by atoms with Crippen molar-refractivity contribution in [2.24, 2.45) is 17.8 Å². The standard InChI is InChI=1S/C30H38N4O/c1-20-7-9-24(10-8-20)30(35)33-26-17-13-23(14-18-26)29-31-19-28(34-29)22-11-15-25(16-12-22)32-27-6-4-3-5-21(27)2/h11-21,24,27,32H,3-10H2,1-2H3,(H,31,34)(H,33,35). The second-order valence-electron chi connectivity index (χ2n) is 10.8. The summed E-state index contributed by atoms with van der Waals surface area (Å²) in [5, 5.41) is 6.82. The van der Waals surface area contributed by atoms with Gasteiger partial charge >= 0.3 is 0 Å². The van der Waals surface area contributed by atoms with E-state index < -0.39 is 0 Å². The van der Waals surface area contributed by atoms with Crippen LogP contribution in [0.25, 0.3) is 22.6 Å². The van der Waals surface area contributed by atoms with Crippen LogP contribution >= 0.6 is 0 Å². The lowest BCUT2D eigenvalue weighted by molar-refractivity contribution is -0.121. The summed E-state index contributed by atoms with van der Waals surface area (Å²) in [4.78, 5) is 20.7.